The second kappa shape index (κ2) is 3.77. The fraction of sp³-hybridized carbons (Fsp3) is 0.400. The number of piperazine rings is 1. The van der Waals surface area contributed by atoms with Gasteiger partial charge in [0.05, 0.1) is 0 Å². The molecule has 0 saturated carbocycles. The maximum absolute atomic E-state index is 9.12. The molecule has 3 N–H and O–H groups in total. The summed E-state index contributed by atoms with van der Waals surface area (Å²) in [5, 5.41) is 15.9. The minimum atomic E-state index is 0.326. The molecule has 1 saturated heterocycles. The van der Waals surface area contributed by atoms with Crippen LogP contribution in [0.2, 0.25) is 0 Å². The van der Waals surface area contributed by atoms with Crippen LogP contribution in [-0.2, 0) is 0 Å². The maximum Gasteiger partial charge on any atom is 0.115 e. The normalized spacial score (nSPS) is 22.9. The molecule has 0 spiro atoms. The first-order valence-electron chi connectivity index (χ1n) is 4.59. The third-order valence-electron chi connectivity index (χ3n) is 2.34. The minimum absolute atomic E-state index is 0.326. The van der Waals surface area contributed by atoms with Gasteiger partial charge in [-0.2, -0.15) is 0 Å². The molecule has 1 aliphatic rings. The number of phenolic OH excluding ortho intramolecular Hbond substituents is 1. The van der Waals surface area contributed by atoms with Gasteiger partial charge in [-0.05, 0) is 17.7 Å². The zero-order chi connectivity index (χ0) is 9.10. The molecule has 0 amide bonds. The van der Waals surface area contributed by atoms with Crippen molar-refractivity contribution in [2.45, 2.75) is 6.04 Å². The van der Waals surface area contributed by atoms with Crippen molar-refractivity contribution in [3.8, 4) is 5.75 Å². The smallest absolute Gasteiger partial charge is 0.115 e. The fourth-order valence-electron chi connectivity index (χ4n) is 1.60. The maximum atomic E-state index is 9.12. The van der Waals surface area contributed by atoms with E-state index in [0.29, 0.717) is 11.8 Å². The first-order chi connectivity index (χ1) is 6.36. The van der Waals surface area contributed by atoms with Gasteiger partial charge < -0.3 is 15.7 Å². The third-order valence-corrected chi connectivity index (χ3v) is 2.34. The fourth-order valence-corrected chi connectivity index (χ4v) is 1.60. The Morgan fingerprint density at radius 3 is 2.54 bits per heavy atom. The van der Waals surface area contributed by atoms with Crippen LogP contribution in [0.25, 0.3) is 0 Å². The van der Waals surface area contributed by atoms with Crippen LogP contribution in [0.1, 0.15) is 11.6 Å². The van der Waals surface area contributed by atoms with E-state index in [0.717, 1.165) is 19.6 Å². The van der Waals surface area contributed by atoms with Crippen molar-refractivity contribution >= 4 is 0 Å². The van der Waals surface area contributed by atoms with Crippen LogP contribution in [0.15, 0.2) is 24.3 Å². The van der Waals surface area contributed by atoms with Crippen LogP contribution >= 0.6 is 0 Å². The van der Waals surface area contributed by atoms with Crippen molar-refractivity contribution in [2.24, 2.45) is 0 Å². The Hall–Kier alpha value is -1.06. The van der Waals surface area contributed by atoms with Crippen LogP contribution < -0.4 is 10.6 Å². The van der Waals surface area contributed by atoms with Crippen LogP contribution in [0.4, 0.5) is 0 Å². The van der Waals surface area contributed by atoms with E-state index in [9.17, 15) is 0 Å². The molecule has 0 aliphatic carbocycles. The average molecular weight is 178 g/mol. The van der Waals surface area contributed by atoms with Gasteiger partial charge in [-0.15, -0.1) is 0 Å². The molecule has 0 radical (unpaired) electrons. The summed E-state index contributed by atoms with van der Waals surface area (Å²) in [7, 11) is 0. The minimum Gasteiger partial charge on any atom is -0.508 e. The second-order valence-electron chi connectivity index (χ2n) is 3.30. The summed E-state index contributed by atoms with van der Waals surface area (Å²) in [4.78, 5) is 0. The molecule has 1 atom stereocenters. The Labute approximate surface area is 77.8 Å². The number of aromatic hydroxyl groups is 1. The van der Waals surface area contributed by atoms with Gasteiger partial charge >= 0.3 is 0 Å². The molecule has 1 unspecified atom stereocenters. The summed E-state index contributed by atoms with van der Waals surface area (Å²) in [6.45, 7) is 3.00. The molecule has 0 bridgehead atoms. The largest absolute Gasteiger partial charge is 0.508 e. The van der Waals surface area contributed by atoms with Gasteiger partial charge in [-0.1, -0.05) is 12.1 Å². The van der Waals surface area contributed by atoms with E-state index in [1.807, 2.05) is 12.1 Å². The summed E-state index contributed by atoms with van der Waals surface area (Å²) < 4.78 is 0. The van der Waals surface area contributed by atoms with E-state index in [1.54, 1.807) is 12.1 Å². The van der Waals surface area contributed by atoms with Gasteiger partial charge in [0.15, 0.2) is 0 Å². The monoisotopic (exact) mass is 178 g/mol. The Balaban J connectivity index is 2.10. The average Bonchev–Trinajstić information content (AvgIpc) is 2.20. The molecule has 1 aromatic carbocycles. The van der Waals surface area contributed by atoms with Crippen LogP contribution in [0, 0.1) is 0 Å². The lowest BCUT2D eigenvalue weighted by Gasteiger charge is -2.24. The van der Waals surface area contributed by atoms with E-state index in [1.165, 1.54) is 5.56 Å². The van der Waals surface area contributed by atoms with Crippen molar-refractivity contribution in [3.63, 3.8) is 0 Å². The van der Waals surface area contributed by atoms with E-state index in [2.05, 4.69) is 10.6 Å². The molecule has 1 fully saturated rings. The Bertz CT molecular complexity index is 265. The Morgan fingerprint density at radius 1 is 1.15 bits per heavy atom. The second-order valence-corrected chi connectivity index (χ2v) is 3.30. The molecule has 1 heterocycles. The molecule has 3 heteroatoms. The molecular weight excluding hydrogens is 164 g/mol. The van der Waals surface area contributed by atoms with Gasteiger partial charge in [0.25, 0.3) is 0 Å². The lowest BCUT2D eigenvalue weighted by molar-refractivity contribution is 0.429. The van der Waals surface area contributed by atoms with E-state index < -0.39 is 0 Å². The summed E-state index contributed by atoms with van der Waals surface area (Å²) >= 11 is 0. The summed E-state index contributed by atoms with van der Waals surface area (Å²) in [5.41, 5.74) is 1.23. The van der Waals surface area contributed by atoms with E-state index in [4.69, 9.17) is 5.11 Å². The van der Waals surface area contributed by atoms with Gasteiger partial charge in [-0.3, -0.25) is 0 Å². The van der Waals surface area contributed by atoms with Crippen LogP contribution in [0.3, 0.4) is 0 Å². The topological polar surface area (TPSA) is 44.3 Å². The number of benzene rings is 1. The number of phenols is 1. The number of hydrogen-bond acceptors (Lipinski definition) is 3. The molecule has 70 valence electrons. The molecule has 1 aliphatic heterocycles. The van der Waals surface area contributed by atoms with Gasteiger partial charge in [0.2, 0.25) is 0 Å². The third kappa shape index (κ3) is 1.99. The lowest BCUT2D eigenvalue weighted by Crippen LogP contribution is -2.42. The molecule has 1 aromatic rings. The van der Waals surface area contributed by atoms with Crippen molar-refractivity contribution in [2.75, 3.05) is 19.6 Å². The zero-order valence-corrected chi connectivity index (χ0v) is 7.46. The van der Waals surface area contributed by atoms with Crippen molar-refractivity contribution in [1.82, 2.24) is 10.6 Å². The van der Waals surface area contributed by atoms with Gasteiger partial charge in [-0.25, -0.2) is 0 Å². The first kappa shape index (κ1) is 8.53. The SMILES string of the molecule is Oc1ccc(C2CNCCN2)cc1. The highest BCUT2D eigenvalue weighted by Gasteiger charge is 2.13. The highest BCUT2D eigenvalue weighted by Crippen LogP contribution is 2.16. The van der Waals surface area contributed by atoms with Gasteiger partial charge in [0, 0.05) is 25.7 Å². The van der Waals surface area contributed by atoms with Crippen LogP contribution in [-0.4, -0.2) is 24.7 Å². The van der Waals surface area contributed by atoms with E-state index >= 15 is 0 Å². The highest BCUT2D eigenvalue weighted by atomic mass is 16.3. The molecule has 2 rings (SSSR count). The predicted octanol–water partition coefficient (Wildman–Crippen LogP) is 0.626. The van der Waals surface area contributed by atoms with Crippen LogP contribution in [0.5, 0.6) is 5.75 Å². The Morgan fingerprint density at radius 2 is 1.92 bits per heavy atom. The number of rotatable bonds is 1. The number of hydrogen-bond donors (Lipinski definition) is 3. The molecular formula is C10H14N2O. The van der Waals surface area contributed by atoms with Crippen molar-refractivity contribution < 1.29 is 5.11 Å². The van der Waals surface area contributed by atoms with E-state index in [-0.39, 0.29) is 0 Å². The Kier molecular flexibility index (Phi) is 2.47. The highest BCUT2D eigenvalue weighted by molar-refractivity contribution is 5.28. The lowest BCUT2D eigenvalue weighted by atomic mass is 10.1. The molecule has 3 nitrogen and oxygen atoms in total. The predicted molar refractivity (Wildman–Crippen MR) is 51.7 cm³/mol. The van der Waals surface area contributed by atoms with Crippen molar-refractivity contribution in [1.29, 1.82) is 0 Å². The molecule has 13 heavy (non-hydrogen) atoms. The summed E-state index contributed by atoms with van der Waals surface area (Å²) in [5.74, 6) is 0.326. The quantitative estimate of drug-likeness (QED) is 0.591. The summed E-state index contributed by atoms with van der Waals surface area (Å²) in [6.07, 6.45) is 0. The summed E-state index contributed by atoms with van der Waals surface area (Å²) in [6, 6.07) is 7.76. The standard InChI is InChI=1S/C10H14N2O/c13-9-3-1-8(2-4-9)10-7-11-5-6-12-10/h1-4,10-13H,5-7H2. The van der Waals surface area contributed by atoms with Crippen molar-refractivity contribution in [3.05, 3.63) is 29.8 Å². The van der Waals surface area contributed by atoms with Gasteiger partial charge in [0.1, 0.15) is 5.75 Å². The molecule has 0 aromatic heterocycles. The zero-order valence-electron chi connectivity index (χ0n) is 7.46. The number of nitrogens with one attached hydrogen (secondary N) is 2. The first-order valence-corrected chi connectivity index (χ1v) is 4.59.